The first-order chi connectivity index (χ1) is 10.1. The van der Waals surface area contributed by atoms with Crippen molar-refractivity contribution in [1.82, 2.24) is 9.97 Å². The van der Waals surface area contributed by atoms with E-state index in [9.17, 15) is 4.79 Å². The third kappa shape index (κ3) is 3.15. The zero-order valence-electron chi connectivity index (χ0n) is 11.9. The summed E-state index contributed by atoms with van der Waals surface area (Å²) in [5.41, 5.74) is 8.10. The highest BCUT2D eigenvalue weighted by molar-refractivity contribution is 5.95. The number of nitrogens with two attached hydrogens (primary N) is 1. The van der Waals surface area contributed by atoms with Crippen molar-refractivity contribution < 1.29 is 4.79 Å². The molecule has 5 nitrogen and oxygen atoms in total. The molecule has 0 aliphatic carbocycles. The van der Waals surface area contributed by atoms with Gasteiger partial charge in [0, 0.05) is 16.6 Å². The number of nitrogens with one attached hydrogen (secondary N) is 1. The first-order valence-electron chi connectivity index (χ1n) is 6.54. The predicted molar refractivity (Wildman–Crippen MR) is 90.9 cm³/mol. The Balaban J connectivity index is 0.00000176. The molecule has 0 aliphatic rings. The summed E-state index contributed by atoms with van der Waals surface area (Å²) in [7, 11) is 0. The molecule has 0 fully saturated rings. The van der Waals surface area contributed by atoms with E-state index >= 15 is 0 Å². The van der Waals surface area contributed by atoms with Crippen LogP contribution in [-0.2, 0) is 0 Å². The molecule has 6 heteroatoms. The highest BCUT2D eigenvalue weighted by Gasteiger charge is 2.06. The summed E-state index contributed by atoms with van der Waals surface area (Å²) in [4.78, 5) is 20.1. The van der Waals surface area contributed by atoms with E-state index in [0.29, 0.717) is 17.3 Å². The van der Waals surface area contributed by atoms with Crippen molar-refractivity contribution in [2.24, 2.45) is 0 Å². The molecule has 0 amide bonds. The van der Waals surface area contributed by atoms with E-state index in [1.807, 2.05) is 36.4 Å². The number of benzene rings is 2. The van der Waals surface area contributed by atoms with Crippen molar-refractivity contribution in [1.29, 1.82) is 0 Å². The molecule has 1 aromatic heterocycles. The van der Waals surface area contributed by atoms with Crippen molar-refractivity contribution in [3.8, 4) is 0 Å². The average molecular weight is 315 g/mol. The number of carbonyl (C=O) groups is 1. The number of rotatable bonds is 3. The Morgan fingerprint density at radius 1 is 1.09 bits per heavy atom. The van der Waals surface area contributed by atoms with Crippen LogP contribution in [-0.4, -0.2) is 15.8 Å². The summed E-state index contributed by atoms with van der Waals surface area (Å²) < 4.78 is 0. The maximum Gasteiger partial charge on any atom is 0.229 e. The molecule has 22 heavy (non-hydrogen) atoms. The fourth-order valence-electron chi connectivity index (χ4n) is 2.10. The summed E-state index contributed by atoms with van der Waals surface area (Å²) in [5, 5.41) is 3.90. The molecular weight excluding hydrogens is 300 g/mol. The number of aromatic nitrogens is 2. The number of nitrogens with zero attached hydrogens (tertiary/aromatic N) is 2. The molecule has 0 saturated heterocycles. The molecule has 2 aromatic carbocycles. The molecular formula is C16H15ClN4O. The molecule has 0 unspecified atom stereocenters. The molecule has 0 aliphatic heterocycles. The average Bonchev–Trinajstić information content (AvgIpc) is 2.47. The summed E-state index contributed by atoms with van der Waals surface area (Å²) in [6.45, 7) is 1.53. The fourth-order valence-corrected chi connectivity index (χ4v) is 2.10. The summed E-state index contributed by atoms with van der Waals surface area (Å²) in [5.74, 6) is 0.843. The second-order valence-corrected chi connectivity index (χ2v) is 4.71. The third-order valence-corrected chi connectivity index (χ3v) is 3.16. The summed E-state index contributed by atoms with van der Waals surface area (Å²) in [6.07, 6.45) is 0. The van der Waals surface area contributed by atoms with Crippen LogP contribution in [0, 0.1) is 0 Å². The minimum Gasteiger partial charge on any atom is -0.383 e. The van der Waals surface area contributed by atoms with Gasteiger partial charge < -0.3 is 11.1 Å². The van der Waals surface area contributed by atoms with Crippen molar-refractivity contribution in [3.63, 3.8) is 0 Å². The number of Topliss-reactive ketones (excluding diaryl/α,β-unsaturated/α-hetero) is 1. The number of anilines is 3. The fraction of sp³-hybridized carbons (Fsp3) is 0.0625. The zero-order chi connectivity index (χ0) is 14.8. The topological polar surface area (TPSA) is 80.9 Å². The maximum absolute atomic E-state index is 11.4. The van der Waals surface area contributed by atoms with Crippen LogP contribution >= 0.6 is 12.4 Å². The molecule has 112 valence electrons. The van der Waals surface area contributed by atoms with Gasteiger partial charge in [-0.15, -0.1) is 12.4 Å². The number of nitrogen functional groups attached to an aromatic ring is 1. The minimum atomic E-state index is 0. The normalized spacial score (nSPS) is 10.0. The van der Waals surface area contributed by atoms with E-state index in [4.69, 9.17) is 5.73 Å². The van der Waals surface area contributed by atoms with Gasteiger partial charge in [0.15, 0.2) is 5.78 Å². The molecule has 3 aromatic rings. The Labute approximate surface area is 134 Å². The van der Waals surface area contributed by atoms with Crippen molar-refractivity contribution in [2.75, 3.05) is 11.1 Å². The summed E-state index contributed by atoms with van der Waals surface area (Å²) in [6, 6.07) is 14.7. The summed E-state index contributed by atoms with van der Waals surface area (Å²) >= 11 is 0. The molecule has 0 bridgehead atoms. The van der Waals surface area contributed by atoms with E-state index in [1.165, 1.54) is 6.92 Å². The Morgan fingerprint density at radius 3 is 2.64 bits per heavy atom. The smallest absolute Gasteiger partial charge is 0.229 e. The quantitative estimate of drug-likeness (QED) is 0.722. The highest BCUT2D eigenvalue weighted by atomic mass is 35.5. The molecule has 1 heterocycles. The van der Waals surface area contributed by atoms with Crippen LogP contribution in [0.15, 0.2) is 48.5 Å². The van der Waals surface area contributed by atoms with E-state index in [2.05, 4.69) is 15.3 Å². The second kappa shape index (κ2) is 6.41. The predicted octanol–water partition coefficient (Wildman–Crippen LogP) is 3.58. The van der Waals surface area contributed by atoms with Crippen LogP contribution < -0.4 is 11.1 Å². The lowest BCUT2D eigenvalue weighted by Gasteiger charge is -2.08. The maximum atomic E-state index is 11.4. The lowest BCUT2D eigenvalue weighted by molar-refractivity contribution is 0.101. The lowest BCUT2D eigenvalue weighted by Crippen LogP contribution is -2.02. The van der Waals surface area contributed by atoms with Gasteiger partial charge in [0.1, 0.15) is 5.82 Å². The molecule has 0 spiro atoms. The van der Waals surface area contributed by atoms with Gasteiger partial charge in [-0.2, -0.15) is 4.98 Å². The standard InChI is InChI=1S/C16H14N4O.ClH/c1-10(21)11-5-4-6-12(9-11)18-16-19-14-8-3-2-7-13(14)15(17)20-16;/h2-9H,1H3,(H3,17,18,19,20);1H. The van der Waals surface area contributed by atoms with Gasteiger partial charge >= 0.3 is 0 Å². The van der Waals surface area contributed by atoms with Crippen LogP contribution in [0.4, 0.5) is 17.5 Å². The third-order valence-electron chi connectivity index (χ3n) is 3.16. The van der Waals surface area contributed by atoms with Crippen molar-refractivity contribution >= 4 is 46.5 Å². The van der Waals surface area contributed by atoms with Crippen LogP contribution in [0.1, 0.15) is 17.3 Å². The number of para-hydroxylation sites is 1. The number of hydrogen-bond acceptors (Lipinski definition) is 5. The number of fused-ring (bicyclic) bond motifs is 1. The van der Waals surface area contributed by atoms with Gasteiger partial charge in [-0.25, -0.2) is 4.98 Å². The Kier molecular flexibility index (Phi) is 4.58. The van der Waals surface area contributed by atoms with E-state index < -0.39 is 0 Å². The number of carbonyl (C=O) groups excluding carboxylic acids is 1. The van der Waals surface area contributed by atoms with Gasteiger partial charge in [-0.05, 0) is 31.2 Å². The Morgan fingerprint density at radius 2 is 1.86 bits per heavy atom. The van der Waals surface area contributed by atoms with Gasteiger partial charge in [0.25, 0.3) is 0 Å². The zero-order valence-corrected chi connectivity index (χ0v) is 12.7. The Hall–Kier alpha value is -2.66. The van der Waals surface area contributed by atoms with Crippen LogP contribution in [0.25, 0.3) is 10.9 Å². The second-order valence-electron chi connectivity index (χ2n) is 4.71. The first kappa shape index (κ1) is 15.7. The minimum absolute atomic E-state index is 0. The molecule has 3 N–H and O–H groups in total. The van der Waals surface area contributed by atoms with Crippen molar-refractivity contribution in [3.05, 3.63) is 54.1 Å². The van der Waals surface area contributed by atoms with Gasteiger partial charge in [-0.1, -0.05) is 24.3 Å². The van der Waals surface area contributed by atoms with Crippen molar-refractivity contribution in [2.45, 2.75) is 6.92 Å². The highest BCUT2D eigenvalue weighted by Crippen LogP contribution is 2.21. The molecule has 0 atom stereocenters. The molecule has 3 rings (SSSR count). The Bertz CT molecular complexity index is 835. The lowest BCUT2D eigenvalue weighted by atomic mass is 10.1. The SMILES string of the molecule is CC(=O)c1cccc(Nc2nc(N)c3ccccc3n2)c1.Cl. The van der Waals surface area contributed by atoms with E-state index in [-0.39, 0.29) is 18.2 Å². The van der Waals surface area contributed by atoms with Crippen LogP contribution in [0.5, 0.6) is 0 Å². The molecule has 0 radical (unpaired) electrons. The monoisotopic (exact) mass is 314 g/mol. The first-order valence-corrected chi connectivity index (χ1v) is 6.54. The van der Waals surface area contributed by atoms with Crippen LogP contribution in [0.3, 0.4) is 0 Å². The van der Waals surface area contributed by atoms with Gasteiger partial charge in [0.2, 0.25) is 5.95 Å². The number of hydrogen-bond donors (Lipinski definition) is 2. The van der Waals surface area contributed by atoms with Gasteiger partial charge in [0.05, 0.1) is 5.52 Å². The molecule has 0 saturated carbocycles. The van der Waals surface area contributed by atoms with E-state index in [1.54, 1.807) is 12.1 Å². The number of ketones is 1. The number of halogens is 1. The van der Waals surface area contributed by atoms with Crippen LogP contribution in [0.2, 0.25) is 0 Å². The largest absolute Gasteiger partial charge is 0.383 e. The van der Waals surface area contributed by atoms with Gasteiger partial charge in [-0.3, -0.25) is 4.79 Å². The van der Waals surface area contributed by atoms with E-state index in [0.717, 1.165) is 16.6 Å².